The lowest BCUT2D eigenvalue weighted by molar-refractivity contribution is 0.0917. The van der Waals surface area contributed by atoms with Gasteiger partial charge in [-0.2, -0.15) is 0 Å². The fourth-order valence-corrected chi connectivity index (χ4v) is 2.91. The van der Waals surface area contributed by atoms with E-state index in [1.165, 1.54) is 38.4 Å². The molecule has 1 aromatic heterocycles. The number of carbonyl (C=O) groups is 1. The normalized spacial score (nSPS) is 18.9. The van der Waals surface area contributed by atoms with Crippen LogP contribution in [0.15, 0.2) is 21.4 Å². The molecule has 1 atom stereocenters. The molecule has 0 saturated heterocycles. The van der Waals surface area contributed by atoms with Crippen LogP contribution in [-0.4, -0.2) is 11.9 Å². The number of rotatable bonds is 3. The van der Waals surface area contributed by atoms with Gasteiger partial charge in [-0.3, -0.25) is 4.79 Å². The summed E-state index contributed by atoms with van der Waals surface area (Å²) in [5.41, 5.74) is 0.577. The van der Waals surface area contributed by atoms with Gasteiger partial charge in [-0.1, -0.05) is 19.3 Å². The lowest BCUT2D eigenvalue weighted by Gasteiger charge is -2.28. The van der Waals surface area contributed by atoms with Crippen LogP contribution in [0.1, 0.15) is 49.4 Å². The Morgan fingerprint density at radius 2 is 2.18 bits per heavy atom. The number of nitrogens with one attached hydrogen (secondary N) is 1. The summed E-state index contributed by atoms with van der Waals surface area (Å²) in [7, 11) is 0. The molecule has 17 heavy (non-hydrogen) atoms. The number of amides is 1. The molecule has 0 spiro atoms. The molecule has 1 amide bonds. The number of hydrogen-bond acceptors (Lipinski definition) is 2. The van der Waals surface area contributed by atoms with Crippen molar-refractivity contribution in [3.63, 3.8) is 0 Å². The van der Waals surface area contributed by atoms with Gasteiger partial charge in [0.25, 0.3) is 5.91 Å². The van der Waals surface area contributed by atoms with E-state index in [4.69, 9.17) is 4.42 Å². The zero-order valence-electron chi connectivity index (χ0n) is 10.0. The number of halogens is 1. The van der Waals surface area contributed by atoms with E-state index in [-0.39, 0.29) is 11.9 Å². The van der Waals surface area contributed by atoms with Crippen LogP contribution in [-0.2, 0) is 0 Å². The number of hydrogen-bond donors (Lipinski definition) is 1. The van der Waals surface area contributed by atoms with Gasteiger partial charge < -0.3 is 9.73 Å². The second kappa shape index (κ2) is 5.71. The van der Waals surface area contributed by atoms with E-state index in [0.717, 1.165) is 0 Å². The first-order valence-electron chi connectivity index (χ1n) is 6.22. The van der Waals surface area contributed by atoms with Gasteiger partial charge in [0.2, 0.25) is 0 Å². The highest BCUT2D eigenvalue weighted by molar-refractivity contribution is 9.10. The third kappa shape index (κ3) is 3.12. The maximum atomic E-state index is 12.0. The average Bonchev–Trinajstić information content (AvgIpc) is 2.76. The van der Waals surface area contributed by atoms with E-state index in [1.807, 2.05) is 0 Å². The lowest BCUT2D eigenvalue weighted by Crippen LogP contribution is -2.38. The smallest absolute Gasteiger partial charge is 0.255 e. The molecular weight excluding hydrogens is 282 g/mol. The second-order valence-corrected chi connectivity index (χ2v) is 5.49. The second-order valence-electron chi connectivity index (χ2n) is 4.77. The minimum atomic E-state index is -0.0521. The molecule has 4 heteroatoms. The number of furan rings is 1. The molecule has 1 aromatic rings. The van der Waals surface area contributed by atoms with Crippen molar-refractivity contribution < 1.29 is 9.21 Å². The zero-order valence-corrected chi connectivity index (χ0v) is 11.6. The van der Waals surface area contributed by atoms with Gasteiger partial charge in [0.1, 0.15) is 0 Å². The van der Waals surface area contributed by atoms with Crippen LogP contribution in [0.2, 0.25) is 0 Å². The minimum absolute atomic E-state index is 0.0521. The molecule has 1 unspecified atom stereocenters. The predicted octanol–water partition coefficient (Wildman–Crippen LogP) is 3.74. The molecule has 1 aliphatic rings. The number of carbonyl (C=O) groups excluding carboxylic acids is 1. The molecule has 1 aliphatic carbocycles. The molecule has 0 aliphatic heterocycles. The van der Waals surface area contributed by atoms with Crippen molar-refractivity contribution in [3.8, 4) is 0 Å². The summed E-state index contributed by atoms with van der Waals surface area (Å²) < 4.78 is 5.57. The van der Waals surface area contributed by atoms with Crippen LogP contribution >= 0.6 is 15.9 Å². The van der Waals surface area contributed by atoms with Crippen LogP contribution < -0.4 is 5.32 Å². The molecule has 94 valence electrons. The van der Waals surface area contributed by atoms with Crippen molar-refractivity contribution >= 4 is 21.8 Å². The topological polar surface area (TPSA) is 42.2 Å². The standard InChI is InChI=1S/C13H18BrNO2/c1-9(10-5-3-2-4-6-10)15-13(16)11-7-8-17-12(11)14/h7-10H,2-6H2,1H3,(H,15,16). The Hall–Kier alpha value is -0.770. The van der Waals surface area contributed by atoms with Gasteiger partial charge in [0.15, 0.2) is 4.67 Å². The molecule has 0 aromatic carbocycles. The molecule has 3 nitrogen and oxygen atoms in total. The fourth-order valence-electron chi connectivity index (χ4n) is 2.49. The SMILES string of the molecule is CC(NC(=O)c1ccoc1Br)C1CCCCC1. The lowest BCUT2D eigenvalue weighted by atomic mass is 9.84. The molecule has 0 bridgehead atoms. The molecule has 1 N–H and O–H groups in total. The highest BCUT2D eigenvalue weighted by atomic mass is 79.9. The Labute approximate surface area is 110 Å². The van der Waals surface area contributed by atoms with Crippen LogP contribution in [0.4, 0.5) is 0 Å². The van der Waals surface area contributed by atoms with Gasteiger partial charge in [-0.05, 0) is 47.7 Å². The maximum absolute atomic E-state index is 12.0. The van der Waals surface area contributed by atoms with E-state index < -0.39 is 0 Å². The Kier molecular flexibility index (Phi) is 4.26. The van der Waals surface area contributed by atoms with E-state index in [9.17, 15) is 4.79 Å². The largest absolute Gasteiger partial charge is 0.457 e. The third-order valence-corrected chi connectivity index (χ3v) is 4.19. The monoisotopic (exact) mass is 299 g/mol. The average molecular weight is 300 g/mol. The van der Waals surface area contributed by atoms with E-state index in [0.29, 0.717) is 16.2 Å². The van der Waals surface area contributed by atoms with Gasteiger partial charge in [0.05, 0.1) is 11.8 Å². The Balaban J connectivity index is 1.92. The van der Waals surface area contributed by atoms with Crippen molar-refractivity contribution in [2.45, 2.75) is 45.1 Å². The van der Waals surface area contributed by atoms with Gasteiger partial charge >= 0.3 is 0 Å². The molecule has 2 rings (SSSR count). The zero-order chi connectivity index (χ0) is 12.3. The summed E-state index contributed by atoms with van der Waals surface area (Å²) in [4.78, 5) is 12.0. The van der Waals surface area contributed by atoms with Crippen LogP contribution in [0.5, 0.6) is 0 Å². The Morgan fingerprint density at radius 3 is 2.76 bits per heavy atom. The van der Waals surface area contributed by atoms with Gasteiger partial charge in [0, 0.05) is 6.04 Å². The molecule has 1 saturated carbocycles. The molecular formula is C13H18BrNO2. The highest BCUT2D eigenvalue weighted by Gasteiger charge is 2.23. The first-order valence-corrected chi connectivity index (χ1v) is 7.01. The summed E-state index contributed by atoms with van der Waals surface area (Å²) in [6.07, 6.45) is 7.90. The fraction of sp³-hybridized carbons (Fsp3) is 0.615. The quantitative estimate of drug-likeness (QED) is 0.924. The maximum Gasteiger partial charge on any atom is 0.255 e. The van der Waals surface area contributed by atoms with Crippen LogP contribution in [0, 0.1) is 5.92 Å². The van der Waals surface area contributed by atoms with E-state index in [1.54, 1.807) is 6.07 Å². The minimum Gasteiger partial charge on any atom is -0.457 e. The first-order chi connectivity index (χ1) is 8.18. The first kappa shape index (κ1) is 12.7. The molecule has 1 heterocycles. The Morgan fingerprint density at radius 1 is 1.47 bits per heavy atom. The van der Waals surface area contributed by atoms with Crippen molar-refractivity contribution in [1.29, 1.82) is 0 Å². The summed E-state index contributed by atoms with van der Waals surface area (Å²) in [5, 5.41) is 3.06. The van der Waals surface area contributed by atoms with Gasteiger partial charge in [-0.15, -0.1) is 0 Å². The van der Waals surface area contributed by atoms with Crippen molar-refractivity contribution in [3.05, 3.63) is 22.6 Å². The summed E-state index contributed by atoms with van der Waals surface area (Å²) in [6, 6.07) is 1.93. The molecule has 0 radical (unpaired) electrons. The van der Waals surface area contributed by atoms with Crippen molar-refractivity contribution in [2.75, 3.05) is 0 Å². The third-order valence-electron chi connectivity index (χ3n) is 3.58. The van der Waals surface area contributed by atoms with Crippen LogP contribution in [0.3, 0.4) is 0 Å². The highest BCUT2D eigenvalue weighted by Crippen LogP contribution is 2.26. The van der Waals surface area contributed by atoms with E-state index in [2.05, 4.69) is 28.2 Å². The van der Waals surface area contributed by atoms with Gasteiger partial charge in [-0.25, -0.2) is 0 Å². The summed E-state index contributed by atoms with van der Waals surface area (Å²) in [6.45, 7) is 2.10. The van der Waals surface area contributed by atoms with Crippen molar-refractivity contribution in [1.82, 2.24) is 5.32 Å². The predicted molar refractivity (Wildman–Crippen MR) is 69.9 cm³/mol. The summed E-state index contributed by atoms with van der Waals surface area (Å²) >= 11 is 3.23. The van der Waals surface area contributed by atoms with Crippen LogP contribution in [0.25, 0.3) is 0 Å². The summed E-state index contributed by atoms with van der Waals surface area (Å²) in [5.74, 6) is 0.571. The molecule has 1 fully saturated rings. The van der Waals surface area contributed by atoms with E-state index >= 15 is 0 Å². The van der Waals surface area contributed by atoms with Crippen molar-refractivity contribution in [2.24, 2.45) is 5.92 Å². The Bertz CT molecular complexity index is 383.